The number of rotatable bonds is 8. The molecule has 2 aromatic carbocycles. The van der Waals surface area contributed by atoms with Crippen molar-refractivity contribution in [2.75, 3.05) is 17.7 Å². The van der Waals surface area contributed by atoms with Crippen molar-refractivity contribution in [1.82, 2.24) is 19.7 Å². The molecule has 4 aromatic rings. The van der Waals surface area contributed by atoms with E-state index < -0.39 is 11.9 Å². The number of amides is 1. The summed E-state index contributed by atoms with van der Waals surface area (Å²) in [5, 5.41) is 11.8. The molecule has 0 radical (unpaired) electrons. The molecule has 0 bridgehead atoms. The van der Waals surface area contributed by atoms with Crippen LogP contribution in [0.1, 0.15) is 5.56 Å². The van der Waals surface area contributed by atoms with Gasteiger partial charge in [0.2, 0.25) is 0 Å². The van der Waals surface area contributed by atoms with Gasteiger partial charge in [-0.05, 0) is 43.3 Å². The van der Waals surface area contributed by atoms with E-state index in [0.717, 1.165) is 16.8 Å². The van der Waals surface area contributed by atoms with Gasteiger partial charge in [0.1, 0.15) is 0 Å². The molecule has 0 fully saturated rings. The number of nitrogens with zero attached hydrogens (tertiary/aromatic N) is 4. The van der Waals surface area contributed by atoms with Crippen LogP contribution in [0, 0.1) is 6.92 Å². The normalized spacial score (nSPS) is 10.6. The Labute approximate surface area is 195 Å². The van der Waals surface area contributed by atoms with E-state index in [0.29, 0.717) is 16.7 Å². The zero-order chi connectivity index (χ0) is 23.0. The molecule has 0 aliphatic rings. The number of aryl methyl sites for hydroxylation is 1. The lowest BCUT2D eigenvalue weighted by molar-refractivity contribution is -0.144. The second-order valence-electron chi connectivity index (χ2n) is 7.08. The minimum atomic E-state index is -0.524. The van der Waals surface area contributed by atoms with Crippen molar-refractivity contribution >= 4 is 29.3 Å². The summed E-state index contributed by atoms with van der Waals surface area (Å²) in [6.45, 7) is 1.60. The minimum absolute atomic E-state index is 0.0180. The Bertz CT molecular complexity index is 1230. The van der Waals surface area contributed by atoms with Crippen LogP contribution >= 0.6 is 11.8 Å². The van der Waals surface area contributed by atoms with Crippen LogP contribution in [0.4, 0.5) is 5.69 Å². The van der Waals surface area contributed by atoms with Gasteiger partial charge < -0.3 is 10.1 Å². The first-order valence-electron chi connectivity index (χ1n) is 10.2. The highest BCUT2D eigenvalue weighted by atomic mass is 32.2. The molecule has 1 N–H and O–H groups in total. The fourth-order valence-electron chi connectivity index (χ4n) is 3.00. The highest BCUT2D eigenvalue weighted by Crippen LogP contribution is 2.27. The first-order valence-corrected chi connectivity index (χ1v) is 11.1. The molecule has 0 unspecified atom stereocenters. The van der Waals surface area contributed by atoms with Gasteiger partial charge >= 0.3 is 5.97 Å². The van der Waals surface area contributed by atoms with Gasteiger partial charge in [0.15, 0.2) is 17.6 Å². The molecule has 4 rings (SSSR count). The second kappa shape index (κ2) is 10.6. The van der Waals surface area contributed by atoms with E-state index in [1.54, 1.807) is 24.5 Å². The van der Waals surface area contributed by atoms with Crippen LogP contribution < -0.4 is 5.32 Å². The number of hydrogen-bond acceptors (Lipinski definition) is 7. The third kappa shape index (κ3) is 5.83. The van der Waals surface area contributed by atoms with Crippen LogP contribution in [0.5, 0.6) is 0 Å². The molecule has 0 aliphatic carbocycles. The fourth-order valence-corrected chi connectivity index (χ4v) is 3.75. The van der Waals surface area contributed by atoms with Crippen molar-refractivity contribution in [2.24, 2.45) is 0 Å². The number of pyridine rings is 1. The van der Waals surface area contributed by atoms with Gasteiger partial charge in [-0.3, -0.25) is 19.1 Å². The monoisotopic (exact) mass is 459 g/mol. The van der Waals surface area contributed by atoms with Gasteiger partial charge in [-0.15, -0.1) is 10.2 Å². The van der Waals surface area contributed by atoms with Crippen LogP contribution in [0.15, 0.2) is 84.3 Å². The van der Waals surface area contributed by atoms with Crippen molar-refractivity contribution in [1.29, 1.82) is 0 Å². The lowest BCUT2D eigenvalue weighted by atomic mass is 10.2. The topological polar surface area (TPSA) is 99.0 Å². The maximum absolute atomic E-state index is 12.3. The lowest BCUT2D eigenvalue weighted by Gasteiger charge is -2.10. The van der Waals surface area contributed by atoms with E-state index in [2.05, 4.69) is 20.5 Å². The number of aromatic nitrogens is 4. The highest BCUT2D eigenvalue weighted by Gasteiger charge is 2.18. The van der Waals surface area contributed by atoms with Crippen molar-refractivity contribution in [2.45, 2.75) is 12.1 Å². The van der Waals surface area contributed by atoms with Gasteiger partial charge in [-0.1, -0.05) is 47.7 Å². The van der Waals surface area contributed by atoms with Gasteiger partial charge in [0.25, 0.3) is 5.91 Å². The molecule has 0 saturated heterocycles. The van der Waals surface area contributed by atoms with E-state index in [9.17, 15) is 9.59 Å². The molecule has 0 spiro atoms. The van der Waals surface area contributed by atoms with Crippen LogP contribution in [0.25, 0.3) is 17.1 Å². The smallest absolute Gasteiger partial charge is 0.316 e. The molecule has 8 nitrogen and oxygen atoms in total. The fraction of sp³-hybridized carbons (Fsp3) is 0.125. The molecule has 1 amide bonds. The number of thioether (sulfide) groups is 1. The van der Waals surface area contributed by atoms with E-state index in [1.165, 1.54) is 11.8 Å². The maximum Gasteiger partial charge on any atom is 0.316 e. The number of ether oxygens (including phenoxy) is 1. The summed E-state index contributed by atoms with van der Waals surface area (Å²) >= 11 is 1.19. The largest absolute Gasteiger partial charge is 0.455 e. The van der Waals surface area contributed by atoms with Crippen LogP contribution in [0.2, 0.25) is 0 Å². The highest BCUT2D eigenvalue weighted by molar-refractivity contribution is 7.99. The minimum Gasteiger partial charge on any atom is -0.455 e. The summed E-state index contributed by atoms with van der Waals surface area (Å²) < 4.78 is 6.98. The Kier molecular flexibility index (Phi) is 7.11. The molecule has 2 heterocycles. The predicted molar refractivity (Wildman–Crippen MR) is 126 cm³/mol. The summed E-state index contributed by atoms with van der Waals surface area (Å²) in [6, 6.07) is 20.7. The van der Waals surface area contributed by atoms with E-state index in [4.69, 9.17) is 4.74 Å². The van der Waals surface area contributed by atoms with Crippen molar-refractivity contribution in [3.63, 3.8) is 0 Å². The number of benzene rings is 2. The summed E-state index contributed by atoms with van der Waals surface area (Å²) in [7, 11) is 0. The van der Waals surface area contributed by atoms with Crippen LogP contribution in [-0.2, 0) is 14.3 Å². The first-order chi connectivity index (χ1) is 16.1. The summed E-state index contributed by atoms with van der Waals surface area (Å²) in [5.41, 5.74) is 3.40. The van der Waals surface area contributed by atoms with Gasteiger partial charge in [-0.25, -0.2) is 0 Å². The molecule has 33 heavy (non-hydrogen) atoms. The summed E-state index contributed by atoms with van der Waals surface area (Å²) in [6.07, 6.45) is 3.40. The van der Waals surface area contributed by atoms with Crippen molar-refractivity contribution < 1.29 is 14.3 Å². The second-order valence-corrected chi connectivity index (χ2v) is 8.02. The van der Waals surface area contributed by atoms with Crippen molar-refractivity contribution in [3.8, 4) is 17.1 Å². The molecule has 166 valence electrons. The number of para-hydroxylation sites is 1. The Morgan fingerprint density at radius 3 is 2.52 bits per heavy atom. The van der Waals surface area contributed by atoms with Crippen molar-refractivity contribution in [3.05, 3.63) is 84.7 Å². The zero-order valence-electron chi connectivity index (χ0n) is 17.8. The van der Waals surface area contributed by atoms with E-state index in [-0.39, 0.29) is 12.4 Å². The molecular formula is C24H21N5O3S. The van der Waals surface area contributed by atoms with Gasteiger partial charge in [0.05, 0.1) is 5.75 Å². The molecule has 0 atom stereocenters. The van der Waals surface area contributed by atoms with E-state index >= 15 is 0 Å². The molecule has 9 heteroatoms. The first kappa shape index (κ1) is 22.2. The SMILES string of the molecule is Cc1ccc(NC(=O)COC(=O)CSc2nnc(-c3cccnc3)n2-c2ccccc2)cc1. The number of carbonyl (C=O) groups is 2. The average Bonchev–Trinajstić information content (AvgIpc) is 3.28. The Morgan fingerprint density at radius 1 is 1.00 bits per heavy atom. The standard InChI is InChI=1S/C24H21N5O3S/c1-17-9-11-19(12-10-17)26-21(30)15-32-22(31)16-33-24-28-27-23(18-6-5-13-25-14-18)29(24)20-7-3-2-4-8-20/h2-14H,15-16H2,1H3,(H,26,30). The van der Waals surface area contributed by atoms with E-state index in [1.807, 2.05) is 66.1 Å². The maximum atomic E-state index is 12.3. The average molecular weight is 460 g/mol. The molecule has 0 saturated carbocycles. The third-order valence-corrected chi connectivity index (χ3v) is 5.49. The van der Waals surface area contributed by atoms with Crippen LogP contribution in [-0.4, -0.2) is 44.0 Å². The van der Waals surface area contributed by atoms with Gasteiger partial charge in [0, 0.05) is 29.3 Å². The quantitative estimate of drug-likeness (QED) is 0.315. The number of hydrogen-bond donors (Lipinski definition) is 1. The Morgan fingerprint density at radius 2 is 1.79 bits per heavy atom. The predicted octanol–water partition coefficient (Wildman–Crippen LogP) is 3.91. The van der Waals surface area contributed by atoms with Gasteiger partial charge in [-0.2, -0.15) is 0 Å². The molecule has 2 aromatic heterocycles. The number of carbonyl (C=O) groups excluding carboxylic acids is 2. The number of anilines is 1. The summed E-state index contributed by atoms with van der Waals surface area (Å²) in [4.78, 5) is 28.5. The lowest BCUT2D eigenvalue weighted by Crippen LogP contribution is -2.21. The zero-order valence-corrected chi connectivity index (χ0v) is 18.7. The molecule has 0 aliphatic heterocycles. The van der Waals surface area contributed by atoms with Crippen LogP contribution in [0.3, 0.4) is 0 Å². The Balaban J connectivity index is 1.39. The third-order valence-electron chi connectivity index (χ3n) is 4.59. The number of esters is 1. The summed E-state index contributed by atoms with van der Waals surface area (Å²) in [5.74, 6) is -0.328. The number of nitrogens with one attached hydrogen (secondary N) is 1. The Hall–Kier alpha value is -3.98. The molecular weight excluding hydrogens is 438 g/mol.